The van der Waals surface area contributed by atoms with Gasteiger partial charge in [0.1, 0.15) is 5.82 Å². The fourth-order valence-corrected chi connectivity index (χ4v) is 2.26. The van der Waals surface area contributed by atoms with Crippen LogP contribution < -0.4 is 16.2 Å². The maximum atomic E-state index is 12.9. The molecule has 5 nitrogen and oxygen atoms in total. The second-order valence-corrected chi connectivity index (χ2v) is 4.81. The third-order valence-corrected chi connectivity index (χ3v) is 3.39. The largest absolute Gasteiger partial charge is 0.364 e. The normalized spacial score (nSPS) is 22.6. The number of hydrazine groups is 1. The Labute approximate surface area is 114 Å². The van der Waals surface area contributed by atoms with Crippen LogP contribution in [0, 0.1) is 0 Å². The van der Waals surface area contributed by atoms with Gasteiger partial charge in [-0.3, -0.25) is 10.9 Å². The molecule has 3 N–H and O–H groups in total. The van der Waals surface area contributed by atoms with Crippen molar-refractivity contribution in [2.75, 3.05) is 11.9 Å². The van der Waals surface area contributed by atoms with Crippen LogP contribution in [0.5, 0.6) is 0 Å². The van der Waals surface area contributed by atoms with Crippen LogP contribution in [0.1, 0.15) is 19.2 Å². The number of aromatic nitrogens is 2. The van der Waals surface area contributed by atoms with E-state index in [9.17, 15) is 8.78 Å². The van der Waals surface area contributed by atoms with Gasteiger partial charge >= 0.3 is 0 Å². The number of hydrogen-bond acceptors (Lipinski definition) is 5. The van der Waals surface area contributed by atoms with Crippen molar-refractivity contribution in [2.24, 2.45) is 0 Å². The summed E-state index contributed by atoms with van der Waals surface area (Å²) in [5.74, 6) is 0.00557. The van der Waals surface area contributed by atoms with Crippen molar-refractivity contribution in [1.82, 2.24) is 20.8 Å². The molecule has 2 heterocycles. The Morgan fingerprint density at radius 1 is 1.30 bits per heavy atom. The molecule has 0 aliphatic carbocycles. The summed E-state index contributed by atoms with van der Waals surface area (Å²) in [6.45, 7) is 2.71. The second kappa shape index (κ2) is 5.26. The Balaban J connectivity index is 2.03. The molecule has 106 valence electrons. The monoisotopic (exact) mass is 279 g/mol. The van der Waals surface area contributed by atoms with E-state index < -0.39 is 12.2 Å². The summed E-state index contributed by atoms with van der Waals surface area (Å²) < 4.78 is 25.8. The van der Waals surface area contributed by atoms with Crippen LogP contribution >= 0.6 is 0 Å². The van der Waals surface area contributed by atoms with E-state index in [1.54, 1.807) is 12.1 Å². The lowest BCUT2D eigenvalue weighted by Crippen LogP contribution is -2.34. The molecular weight excluding hydrogens is 264 g/mol. The van der Waals surface area contributed by atoms with Crippen LogP contribution in [0.3, 0.4) is 0 Å². The second-order valence-electron chi connectivity index (χ2n) is 4.81. The fourth-order valence-electron chi connectivity index (χ4n) is 2.26. The topological polar surface area (TPSA) is 61.9 Å². The Kier molecular flexibility index (Phi) is 3.45. The summed E-state index contributed by atoms with van der Waals surface area (Å²) in [5.41, 5.74) is 6.62. The van der Waals surface area contributed by atoms with Crippen LogP contribution in [-0.2, 0) is 0 Å². The highest BCUT2D eigenvalue weighted by atomic mass is 19.3. The summed E-state index contributed by atoms with van der Waals surface area (Å²) in [7, 11) is 0. The van der Waals surface area contributed by atoms with Crippen molar-refractivity contribution in [3.63, 3.8) is 0 Å². The number of nitrogens with zero attached hydrogens (tertiary/aromatic N) is 2. The molecule has 0 amide bonds. The van der Waals surface area contributed by atoms with E-state index in [1.807, 2.05) is 19.1 Å². The average molecular weight is 279 g/mol. The third kappa shape index (κ3) is 2.41. The van der Waals surface area contributed by atoms with Crippen molar-refractivity contribution in [3.8, 4) is 0 Å². The van der Waals surface area contributed by atoms with Crippen LogP contribution in [0.4, 0.5) is 14.6 Å². The van der Waals surface area contributed by atoms with E-state index in [0.717, 1.165) is 5.39 Å². The lowest BCUT2D eigenvalue weighted by molar-refractivity contribution is 0.141. The van der Waals surface area contributed by atoms with E-state index in [-0.39, 0.29) is 12.1 Å². The van der Waals surface area contributed by atoms with Gasteiger partial charge in [-0.2, -0.15) is 0 Å². The number of halogens is 2. The maximum Gasteiger partial charge on any atom is 0.297 e. The Morgan fingerprint density at radius 2 is 2.10 bits per heavy atom. The van der Waals surface area contributed by atoms with Gasteiger partial charge in [0.15, 0.2) is 5.82 Å². The molecule has 2 unspecified atom stereocenters. The molecule has 1 aromatic carbocycles. The van der Waals surface area contributed by atoms with Gasteiger partial charge in [-0.05, 0) is 19.1 Å². The van der Waals surface area contributed by atoms with Gasteiger partial charge in [-0.25, -0.2) is 18.7 Å². The minimum absolute atomic E-state index is 0.0822. The molecule has 2 aromatic rings. The van der Waals surface area contributed by atoms with Gasteiger partial charge in [0, 0.05) is 18.0 Å². The molecule has 0 bridgehead atoms. The number of benzene rings is 1. The van der Waals surface area contributed by atoms with Gasteiger partial charge in [-0.1, -0.05) is 12.1 Å². The molecule has 7 heteroatoms. The number of rotatable bonds is 3. The Morgan fingerprint density at radius 3 is 2.80 bits per heavy atom. The molecule has 1 aliphatic rings. The Hall–Kier alpha value is -1.86. The van der Waals surface area contributed by atoms with Crippen molar-refractivity contribution in [1.29, 1.82) is 0 Å². The lowest BCUT2D eigenvalue weighted by atomic mass is 10.1. The van der Waals surface area contributed by atoms with E-state index >= 15 is 0 Å². The van der Waals surface area contributed by atoms with Gasteiger partial charge in [0.05, 0.1) is 11.6 Å². The first-order valence-corrected chi connectivity index (χ1v) is 6.45. The van der Waals surface area contributed by atoms with Gasteiger partial charge < -0.3 is 5.32 Å². The average Bonchev–Trinajstić information content (AvgIpc) is 2.84. The van der Waals surface area contributed by atoms with Gasteiger partial charge in [-0.15, -0.1) is 0 Å². The summed E-state index contributed by atoms with van der Waals surface area (Å²) in [6.07, 6.45) is -2.68. The SMILES string of the molecule is CC1NNCC1Nc1nc(C(F)F)nc2ccccc12. The third-order valence-electron chi connectivity index (χ3n) is 3.39. The number of hydrogen-bond donors (Lipinski definition) is 3. The number of fused-ring (bicyclic) bond motifs is 1. The van der Waals surface area contributed by atoms with Crippen molar-refractivity contribution in [3.05, 3.63) is 30.1 Å². The summed E-state index contributed by atoms with van der Waals surface area (Å²) in [5, 5.41) is 3.97. The fraction of sp³-hybridized carbons (Fsp3) is 0.385. The van der Waals surface area contributed by atoms with Crippen LogP contribution in [0.25, 0.3) is 10.9 Å². The summed E-state index contributed by atoms with van der Waals surface area (Å²) in [4.78, 5) is 7.87. The molecule has 2 atom stereocenters. The molecular formula is C13H15F2N5. The van der Waals surface area contributed by atoms with E-state index in [0.29, 0.717) is 17.9 Å². The molecule has 0 spiro atoms. The molecule has 0 saturated carbocycles. The minimum atomic E-state index is -2.68. The zero-order chi connectivity index (χ0) is 14.1. The predicted octanol–water partition coefficient (Wildman–Crippen LogP) is 1.84. The van der Waals surface area contributed by atoms with Crippen molar-refractivity contribution in [2.45, 2.75) is 25.4 Å². The van der Waals surface area contributed by atoms with Crippen molar-refractivity contribution < 1.29 is 8.78 Å². The van der Waals surface area contributed by atoms with Gasteiger partial charge in [0.25, 0.3) is 6.43 Å². The first kappa shape index (κ1) is 13.1. The molecule has 1 saturated heterocycles. The molecule has 3 rings (SSSR count). The molecule has 1 fully saturated rings. The minimum Gasteiger partial charge on any atom is -0.364 e. The Bertz CT molecular complexity index is 619. The van der Waals surface area contributed by atoms with Crippen LogP contribution in [0.2, 0.25) is 0 Å². The van der Waals surface area contributed by atoms with Crippen LogP contribution in [-0.4, -0.2) is 28.6 Å². The summed E-state index contributed by atoms with van der Waals surface area (Å²) >= 11 is 0. The first-order valence-electron chi connectivity index (χ1n) is 6.45. The highest BCUT2D eigenvalue weighted by Crippen LogP contribution is 2.25. The van der Waals surface area contributed by atoms with E-state index in [2.05, 4.69) is 26.1 Å². The number of alkyl halides is 2. The molecule has 0 radical (unpaired) electrons. The van der Waals surface area contributed by atoms with E-state index in [1.165, 1.54) is 0 Å². The number of nitrogens with one attached hydrogen (secondary N) is 3. The van der Waals surface area contributed by atoms with Crippen LogP contribution in [0.15, 0.2) is 24.3 Å². The van der Waals surface area contributed by atoms with Gasteiger partial charge in [0.2, 0.25) is 0 Å². The number of para-hydroxylation sites is 1. The van der Waals surface area contributed by atoms with Crippen molar-refractivity contribution >= 4 is 16.7 Å². The molecule has 20 heavy (non-hydrogen) atoms. The lowest BCUT2D eigenvalue weighted by Gasteiger charge is -2.18. The maximum absolute atomic E-state index is 12.9. The zero-order valence-corrected chi connectivity index (χ0v) is 10.9. The smallest absolute Gasteiger partial charge is 0.297 e. The highest BCUT2D eigenvalue weighted by molar-refractivity contribution is 5.89. The predicted molar refractivity (Wildman–Crippen MR) is 72.5 cm³/mol. The zero-order valence-electron chi connectivity index (χ0n) is 10.9. The molecule has 1 aromatic heterocycles. The first-order chi connectivity index (χ1) is 9.65. The number of anilines is 1. The molecule has 1 aliphatic heterocycles. The summed E-state index contributed by atoms with van der Waals surface area (Å²) in [6, 6.07) is 7.41. The standard InChI is InChI=1S/C13H15F2N5/c1-7-10(6-16-20-7)18-12-8-4-2-3-5-9(8)17-13(19-12)11(14)15/h2-5,7,10-11,16,20H,6H2,1H3,(H,17,18,19). The quantitative estimate of drug-likeness (QED) is 0.800. The highest BCUT2D eigenvalue weighted by Gasteiger charge is 2.24. The van der Waals surface area contributed by atoms with E-state index in [4.69, 9.17) is 0 Å².